The molecule has 27 heavy (non-hydrogen) atoms. The zero-order chi connectivity index (χ0) is 19.7. The molecule has 1 unspecified atom stereocenters. The van der Waals surface area contributed by atoms with E-state index in [1.54, 1.807) is 13.2 Å². The summed E-state index contributed by atoms with van der Waals surface area (Å²) < 4.78 is 7.06. The fourth-order valence-corrected chi connectivity index (χ4v) is 3.40. The second kappa shape index (κ2) is 7.52. The maximum Gasteiger partial charge on any atom is 0.188 e. The van der Waals surface area contributed by atoms with Crippen molar-refractivity contribution in [1.29, 1.82) is 0 Å². The number of aromatic nitrogens is 3. The first-order chi connectivity index (χ1) is 12.8. The van der Waals surface area contributed by atoms with E-state index in [1.807, 2.05) is 49.6 Å². The average Bonchev–Trinajstić information content (AvgIpc) is 3.02. The lowest BCUT2D eigenvalue weighted by molar-refractivity contribution is 0.414. The maximum atomic E-state index is 10.4. The molecule has 0 amide bonds. The summed E-state index contributed by atoms with van der Waals surface area (Å²) in [5.74, 6) is 1.36. The third kappa shape index (κ3) is 3.60. The molecule has 0 aliphatic carbocycles. The summed E-state index contributed by atoms with van der Waals surface area (Å²) in [5.41, 5.74) is 2.26. The average molecular weight is 385 g/mol. The summed E-state index contributed by atoms with van der Waals surface area (Å²) in [6.45, 7) is 5.96. The number of aromatic hydroxyl groups is 2. The monoisotopic (exact) mass is 385 g/mol. The largest absolute Gasteiger partial charge is 0.508 e. The van der Waals surface area contributed by atoms with Crippen LogP contribution in [-0.4, -0.2) is 32.1 Å². The molecule has 0 fully saturated rings. The fourth-order valence-electron chi connectivity index (χ4n) is 3.09. The van der Waals surface area contributed by atoms with Crippen molar-refractivity contribution in [2.45, 2.75) is 37.9 Å². The number of rotatable bonds is 5. The molecule has 1 atom stereocenters. The summed E-state index contributed by atoms with van der Waals surface area (Å²) >= 11 is 4.45. The topological polar surface area (TPSA) is 80.4 Å². The number of ether oxygens (including phenoxy) is 1. The standard InChI is InChI=1S/C20H23N3O3S/c1-11(2)15-9-16(18(25)10-17(15)24)19-21-22-20(27)23(19)12(3)13-5-7-14(26-4)8-6-13/h5-12,24-25H,1-4H3,(H,22,27). The summed E-state index contributed by atoms with van der Waals surface area (Å²) in [5, 5.41) is 29.3. The second-order valence-electron chi connectivity index (χ2n) is 6.73. The molecule has 0 saturated heterocycles. The summed E-state index contributed by atoms with van der Waals surface area (Å²) in [7, 11) is 1.63. The van der Waals surface area contributed by atoms with Gasteiger partial charge in [-0.15, -0.1) is 22.8 Å². The molecule has 2 N–H and O–H groups in total. The minimum absolute atomic E-state index is 0.0548. The first-order valence-corrected chi connectivity index (χ1v) is 9.12. The Balaban J connectivity index is 2.11. The van der Waals surface area contributed by atoms with E-state index < -0.39 is 0 Å². The van der Waals surface area contributed by atoms with Crippen LogP contribution in [0.2, 0.25) is 0 Å². The van der Waals surface area contributed by atoms with Crippen LogP contribution in [-0.2, 0) is 0 Å². The van der Waals surface area contributed by atoms with Gasteiger partial charge in [0.1, 0.15) is 17.2 Å². The van der Waals surface area contributed by atoms with Crippen molar-refractivity contribution < 1.29 is 14.9 Å². The number of nitrogens with zero attached hydrogens (tertiary/aromatic N) is 3. The Morgan fingerprint density at radius 2 is 1.67 bits per heavy atom. The Morgan fingerprint density at radius 1 is 1.00 bits per heavy atom. The summed E-state index contributed by atoms with van der Waals surface area (Å²) in [6, 6.07) is 10.7. The van der Waals surface area contributed by atoms with Gasteiger partial charge in [0, 0.05) is 6.07 Å². The zero-order valence-electron chi connectivity index (χ0n) is 15.7. The lowest BCUT2D eigenvalue weighted by Gasteiger charge is -2.19. The minimum atomic E-state index is -0.121. The van der Waals surface area contributed by atoms with Crippen LogP contribution in [0.5, 0.6) is 17.2 Å². The third-order valence-electron chi connectivity index (χ3n) is 4.67. The third-order valence-corrected chi connectivity index (χ3v) is 4.98. The van der Waals surface area contributed by atoms with E-state index in [0.29, 0.717) is 16.5 Å². The second-order valence-corrected chi connectivity index (χ2v) is 7.13. The van der Waals surface area contributed by atoms with E-state index >= 15 is 0 Å². The van der Waals surface area contributed by atoms with E-state index in [1.165, 1.54) is 6.07 Å². The van der Waals surface area contributed by atoms with Gasteiger partial charge in [-0.05, 0) is 42.2 Å². The van der Waals surface area contributed by atoms with Crippen LogP contribution in [0.4, 0.5) is 0 Å². The Kier molecular flexibility index (Phi) is 5.32. The van der Waals surface area contributed by atoms with Crippen LogP contribution < -0.4 is 4.74 Å². The van der Waals surface area contributed by atoms with Crippen molar-refractivity contribution in [2.75, 3.05) is 7.11 Å². The van der Waals surface area contributed by atoms with E-state index in [4.69, 9.17) is 4.74 Å². The normalized spacial score (nSPS) is 12.4. The zero-order valence-corrected chi connectivity index (χ0v) is 16.6. The van der Waals surface area contributed by atoms with Crippen molar-refractivity contribution in [3.05, 3.63) is 47.5 Å². The van der Waals surface area contributed by atoms with Gasteiger partial charge < -0.3 is 14.9 Å². The molecule has 0 aliphatic heterocycles. The molecule has 3 rings (SSSR count). The molecule has 2 aromatic carbocycles. The summed E-state index contributed by atoms with van der Waals surface area (Å²) in [4.78, 5) is 0. The van der Waals surface area contributed by atoms with Gasteiger partial charge in [0.25, 0.3) is 0 Å². The number of methoxy groups -OCH3 is 1. The van der Waals surface area contributed by atoms with E-state index in [-0.39, 0.29) is 23.5 Å². The predicted octanol–water partition coefficient (Wildman–Crippen LogP) is 4.39. The molecule has 0 spiro atoms. The first kappa shape index (κ1) is 19.1. The molecule has 142 valence electrons. The van der Waals surface area contributed by atoms with E-state index in [2.05, 4.69) is 22.8 Å². The number of phenols is 2. The fraction of sp³-hybridized carbons (Fsp3) is 0.300. The molecular formula is C20H23N3O3S. The van der Waals surface area contributed by atoms with Gasteiger partial charge in [0.15, 0.2) is 11.0 Å². The minimum Gasteiger partial charge on any atom is -0.508 e. The molecule has 0 aliphatic rings. The van der Waals surface area contributed by atoms with E-state index in [9.17, 15) is 10.2 Å². The molecule has 6 nitrogen and oxygen atoms in total. The van der Waals surface area contributed by atoms with E-state index in [0.717, 1.165) is 16.9 Å². The molecule has 3 aromatic rings. The quantitative estimate of drug-likeness (QED) is 0.568. The molecular weight excluding hydrogens is 362 g/mol. The Bertz CT molecular complexity index is 952. The summed E-state index contributed by atoms with van der Waals surface area (Å²) in [6.07, 6.45) is 0. The van der Waals surface area contributed by atoms with Crippen molar-refractivity contribution in [1.82, 2.24) is 14.8 Å². The van der Waals surface area contributed by atoms with Crippen LogP contribution >= 0.6 is 12.6 Å². The van der Waals surface area contributed by atoms with Crippen LogP contribution in [0, 0.1) is 0 Å². The van der Waals surface area contributed by atoms with Crippen molar-refractivity contribution in [3.8, 4) is 28.6 Å². The van der Waals surface area contributed by atoms with Crippen LogP contribution in [0.15, 0.2) is 41.6 Å². The highest BCUT2D eigenvalue weighted by Gasteiger charge is 2.22. The highest BCUT2D eigenvalue weighted by atomic mass is 32.1. The molecule has 0 saturated carbocycles. The lowest BCUT2D eigenvalue weighted by Crippen LogP contribution is -2.09. The van der Waals surface area contributed by atoms with Crippen LogP contribution in [0.25, 0.3) is 11.4 Å². The van der Waals surface area contributed by atoms with Crippen molar-refractivity contribution >= 4 is 12.6 Å². The van der Waals surface area contributed by atoms with Gasteiger partial charge >= 0.3 is 0 Å². The predicted molar refractivity (Wildman–Crippen MR) is 107 cm³/mol. The number of hydrogen-bond acceptors (Lipinski definition) is 6. The SMILES string of the molecule is COc1ccc(C(C)n2c(S)nnc2-c2cc(C(C)C)c(O)cc2O)cc1. The van der Waals surface area contributed by atoms with Gasteiger partial charge in [0.2, 0.25) is 0 Å². The number of phenolic OH excluding ortho intramolecular Hbond substituents is 2. The Labute approximate surface area is 163 Å². The smallest absolute Gasteiger partial charge is 0.188 e. The molecule has 0 bridgehead atoms. The van der Waals surface area contributed by atoms with Gasteiger partial charge in [-0.2, -0.15) is 0 Å². The first-order valence-electron chi connectivity index (χ1n) is 8.67. The highest BCUT2D eigenvalue weighted by Crippen LogP contribution is 2.39. The maximum absolute atomic E-state index is 10.4. The van der Waals surface area contributed by atoms with Crippen LogP contribution in [0.3, 0.4) is 0 Å². The number of thiol groups is 1. The number of hydrogen-bond donors (Lipinski definition) is 3. The highest BCUT2D eigenvalue weighted by molar-refractivity contribution is 7.80. The Hall–Kier alpha value is -2.67. The van der Waals surface area contributed by atoms with Gasteiger partial charge in [-0.25, -0.2) is 0 Å². The lowest BCUT2D eigenvalue weighted by atomic mass is 9.98. The van der Waals surface area contributed by atoms with Gasteiger partial charge in [-0.3, -0.25) is 4.57 Å². The number of benzene rings is 2. The van der Waals surface area contributed by atoms with Crippen LogP contribution in [0.1, 0.15) is 43.9 Å². The molecule has 1 heterocycles. The van der Waals surface area contributed by atoms with Crippen molar-refractivity contribution in [3.63, 3.8) is 0 Å². The van der Waals surface area contributed by atoms with Gasteiger partial charge in [0.05, 0.1) is 18.7 Å². The molecule has 1 aromatic heterocycles. The Morgan fingerprint density at radius 3 is 2.26 bits per heavy atom. The molecule has 0 radical (unpaired) electrons. The van der Waals surface area contributed by atoms with Crippen molar-refractivity contribution in [2.24, 2.45) is 0 Å². The molecule has 7 heteroatoms. The van der Waals surface area contributed by atoms with Gasteiger partial charge in [-0.1, -0.05) is 26.0 Å².